The topological polar surface area (TPSA) is 95.9 Å². The highest BCUT2D eigenvalue weighted by Crippen LogP contribution is 2.20. The summed E-state index contributed by atoms with van der Waals surface area (Å²) < 4.78 is 5.48. The fraction of sp³-hybridized carbons (Fsp3) is 0.974. The lowest BCUT2D eigenvalue weighted by atomic mass is 10.0. The Morgan fingerprint density at radius 2 is 0.494 bits per heavy atom. The summed E-state index contributed by atoms with van der Waals surface area (Å²) >= 11 is 0. The van der Waals surface area contributed by atoms with Crippen LogP contribution in [0.3, 0.4) is 0 Å². The number of hydrogen-bond donors (Lipinski definition) is 3. The SMILES string of the molecule is CCCCCCCCCCCCCCCCCCCCCCCCCC(O)C(CO)NC(=O)CCCCCCCCCCCCCCCCCCCCCCCCCCCCCCCCCCOC(=O)CCCCCCCCCCCCC. The lowest BCUT2D eigenvalue weighted by Crippen LogP contribution is -2.45. The maximum absolute atomic E-state index is 12.6. The summed E-state index contributed by atoms with van der Waals surface area (Å²) in [5.41, 5.74) is 0. The van der Waals surface area contributed by atoms with Crippen LogP contribution in [0.25, 0.3) is 0 Å². The molecule has 0 fully saturated rings. The minimum absolute atomic E-state index is 0.0223. The minimum atomic E-state index is -0.661. The minimum Gasteiger partial charge on any atom is -0.466 e. The van der Waals surface area contributed by atoms with E-state index in [1.807, 2.05) is 0 Å². The van der Waals surface area contributed by atoms with E-state index in [2.05, 4.69) is 19.2 Å². The molecule has 0 spiro atoms. The summed E-state index contributed by atoms with van der Waals surface area (Å²) in [6.07, 6.45) is 90.5. The molecule has 0 rings (SSSR count). The first-order valence-corrected chi connectivity index (χ1v) is 38.8. The van der Waals surface area contributed by atoms with Gasteiger partial charge in [0.15, 0.2) is 0 Å². The van der Waals surface area contributed by atoms with Crippen molar-refractivity contribution in [3.8, 4) is 0 Å². The summed E-state index contributed by atoms with van der Waals surface area (Å²) in [4.78, 5) is 24.6. The van der Waals surface area contributed by atoms with Crippen LogP contribution in [-0.2, 0) is 14.3 Å². The molecular weight excluding hydrogens is 1020 g/mol. The highest BCUT2D eigenvalue weighted by molar-refractivity contribution is 5.76. The van der Waals surface area contributed by atoms with Crippen LogP contribution >= 0.6 is 0 Å². The number of aliphatic hydroxyl groups is 2. The second-order valence-corrected chi connectivity index (χ2v) is 27.1. The highest BCUT2D eigenvalue weighted by atomic mass is 16.5. The van der Waals surface area contributed by atoms with Gasteiger partial charge in [-0.3, -0.25) is 9.59 Å². The van der Waals surface area contributed by atoms with E-state index < -0.39 is 12.1 Å². The second kappa shape index (κ2) is 73.3. The summed E-state index contributed by atoms with van der Waals surface area (Å²) in [5.74, 6) is -0.00184. The maximum Gasteiger partial charge on any atom is 0.305 e. The Morgan fingerprint density at radius 3 is 0.735 bits per heavy atom. The summed E-state index contributed by atoms with van der Waals surface area (Å²) in [5, 5.41) is 23.5. The van der Waals surface area contributed by atoms with Crippen molar-refractivity contribution >= 4 is 11.9 Å². The third-order valence-corrected chi connectivity index (χ3v) is 18.7. The molecule has 0 bridgehead atoms. The van der Waals surface area contributed by atoms with Gasteiger partial charge in [0.25, 0.3) is 0 Å². The van der Waals surface area contributed by atoms with E-state index in [0.717, 1.165) is 38.5 Å². The van der Waals surface area contributed by atoms with Crippen LogP contribution in [0.4, 0.5) is 0 Å². The molecule has 2 unspecified atom stereocenters. The molecule has 0 aliphatic heterocycles. The molecular formula is C77H153NO5. The Balaban J connectivity index is 3.32. The third-order valence-electron chi connectivity index (χ3n) is 18.7. The fourth-order valence-electron chi connectivity index (χ4n) is 12.8. The van der Waals surface area contributed by atoms with Crippen LogP contribution in [0, 0.1) is 0 Å². The molecule has 0 heterocycles. The van der Waals surface area contributed by atoms with Gasteiger partial charge in [0.1, 0.15) is 0 Å². The van der Waals surface area contributed by atoms with Gasteiger partial charge in [-0.2, -0.15) is 0 Å². The highest BCUT2D eigenvalue weighted by Gasteiger charge is 2.20. The Hall–Kier alpha value is -1.14. The summed E-state index contributed by atoms with van der Waals surface area (Å²) in [6.45, 7) is 5.01. The van der Waals surface area contributed by atoms with Crippen molar-refractivity contribution in [2.75, 3.05) is 13.2 Å². The summed E-state index contributed by atoms with van der Waals surface area (Å²) in [6, 6.07) is -0.538. The van der Waals surface area contributed by atoms with E-state index in [9.17, 15) is 19.8 Å². The van der Waals surface area contributed by atoms with Crippen LogP contribution in [0.15, 0.2) is 0 Å². The van der Waals surface area contributed by atoms with E-state index in [0.29, 0.717) is 25.9 Å². The molecule has 6 nitrogen and oxygen atoms in total. The van der Waals surface area contributed by atoms with Gasteiger partial charge < -0.3 is 20.3 Å². The van der Waals surface area contributed by atoms with Crippen molar-refractivity contribution in [1.82, 2.24) is 5.32 Å². The Morgan fingerprint density at radius 1 is 0.289 bits per heavy atom. The van der Waals surface area contributed by atoms with Crippen molar-refractivity contribution in [3.05, 3.63) is 0 Å². The normalized spacial score (nSPS) is 12.4. The van der Waals surface area contributed by atoms with Crippen molar-refractivity contribution in [2.45, 2.75) is 469 Å². The molecule has 0 radical (unpaired) electrons. The molecule has 0 aromatic carbocycles. The molecule has 2 atom stereocenters. The zero-order valence-electron chi connectivity index (χ0n) is 57.0. The smallest absolute Gasteiger partial charge is 0.305 e. The summed E-state index contributed by atoms with van der Waals surface area (Å²) in [7, 11) is 0. The quantitative estimate of drug-likeness (QED) is 0.0417. The maximum atomic E-state index is 12.6. The van der Waals surface area contributed by atoms with E-state index >= 15 is 0 Å². The van der Waals surface area contributed by atoms with Gasteiger partial charge in [0, 0.05) is 12.8 Å². The largest absolute Gasteiger partial charge is 0.466 e. The number of unbranched alkanes of at least 4 members (excludes halogenated alkanes) is 63. The van der Waals surface area contributed by atoms with Crippen LogP contribution in [0.1, 0.15) is 457 Å². The number of esters is 1. The Bertz CT molecular complexity index is 1210. The lowest BCUT2D eigenvalue weighted by molar-refractivity contribution is -0.143. The molecule has 6 heteroatoms. The van der Waals surface area contributed by atoms with Gasteiger partial charge >= 0.3 is 5.97 Å². The first-order valence-electron chi connectivity index (χ1n) is 38.8. The monoisotopic (exact) mass is 1170 g/mol. The van der Waals surface area contributed by atoms with Crippen LogP contribution in [-0.4, -0.2) is 47.4 Å². The van der Waals surface area contributed by atoms with Crippen molar-refractivity contribution in [3.63, 3.8) is 0 Å². The average Bonchev–Trinajstić information content (AvgIpc) is 3.50. The first kappa shape index (κ1) is 81.9. The number of amides is 1. The number of hydrogen-bond acceptors (Lipinski definition) is 5. The number of carbonyl (C=O) groups excluding carboxylic acids is 2. The van der Waals surface area contributed by atoms with Crippen molar-refractivity contribution in [2.24, 2.45) is 0 Å². The molecule has 0 aromatic heterocycles. The molecule has 0 saturated heterocycles. The van der Waals surface area contributed by atoms with E-state index in [4.69, 9.17) is 4.74 Å². The number of carbonyl (C=O) groups is 2. The van der Waals surface area contributed by atoms with Gasteiger partial charge in [-0.15, -0.1) is 0 Å². The standard InChI is InChI=1S/C77H153NO5/c1-3-5-7-9-11-13-15-16-17-18-19-20-31-34-37-40-43-46-50-53-57-61-65-69-75(80)74(73-79)78-76(81)70-66-62-58-54-51-47-44-41-38-35-32-29-27-25-23-21-22-24-26-28-30-33-36-39-42-45-48-52-56-60-64-68-72-83-77(82)71-67-63-59-55-49-14-12-10-8-6-4-2/h74-75,79-80H,3-73H2,1-2H3,(H,78,81). The Labute approximate surface area is 521 Å². The fourth-order valence-corrected chi connectivity index (χ4v) is 12.8. The second-order valence-electron chi connectivity index (χ2n) is 27.1. The molecule has 0 saturated carbocycles. The molecule has 0 aliphatic carbocycles. The van der Waals surface area contributed by atoms with E-state index in [-0.39, 0.29) is 18.5 Å². The number of nitrogens with one attached hydrogen (secondary N) is 1. The van der Waals surface area contributed by atoms with Crippen LogP contribution < -0.4 is 5.32 Å². The van der Waals surface area contributed by atoms with Crippen LogP contribution in [0.2, 0.25) is 0 Å². The molecule has 3 N–H and O–H groups in total. The van der Waals surface area contributed by atoms with Gasteiger partial charge in [-0.05, 0) is 25.7 Å². The van der Waals surface area contributed by atoms with E-state index in [1.54, 1.807) is 0 Å². The number of ether oxygens (including phenoxy) is 1. The molecule has 0 aromatic rings. The zero-order valence-corrected chi connectivity index (χ0v) is 57.0. The zero-order chi connectivity index (χ0) is 59.9. The van der Waals surface area contributed by atoms with Gasteiger partial charge in [-0.25, -0.2) is 0 Å². The first-order chi connectivity index (χ1) is 41.0. The number of aliphatic hydroxyl groups excluding tert-OH is 2. The predicted octanol–water partition coefficient (Wildman–Crippen LogP) is 25.3. The third kappa shape index (κ3) is 69.8. The van der Waals surface area contributed by atoms with Gasteiger partial charge in [-0.1, -0.05) is 418 Å². The Kier molecular flexibility index (Phi) is 72.3. The molecule has 496 valence electrons. The van der Waals surface area contributed by atoms with E-state index in [1.165, 1.54) is 385 Å². The lowest BCUT2D eigenvalue weighted by Gasteiger charge is -2.22. The van der Waals surface area contributed by atoms with Crippen molar-refractivity contribution < 1.29 is 24.5 Å². The molecule has 83 heavy (non-hydrogen) atoms. The van der Waals surface area contributed by atoms with Crippen molar-refractivity contribution in [1.29, 1.82) is 0 Å². The molecule has 0 aliphatic rings. The predicted molar refractivity (Wildman–Crippen MR) is 366 cm³/mol. The van der Waals surface area contributed by atoms with Gasteiger partial charge in [0.2, 0.25) is 5.91 Å². The van der Waals surface area contributed by atoms with Crippen LogP contribution in [0.5, 0.6) is 0 Å². The molecule has 1 amide bonds. The van der Waals surface area contributed by atoms with Gasteiger partial charge in [0.05, 0.1) is 25.4 Å². The average molecular weight is 1170 g/mol. The number of rotatable bonds is 74.